The Morgan fingerprint density at radius 2 is 1.62 bits per heavy atom. The molecule has 3 nitrogen and oxygen atoms in total. The first-order valence-corrected chi connectivity index (χ1v) is 6.68. The number of benzene rings is 2. The maximum atomic E-state index is 13.0. The molecule has 0 saturated carbocycles. The topological polar surface area (TPSA) is 46.3 Å². The molecule has 0 aliphatic heterocycles. The average molecular weight is 304 g/mol. The molecule has 0 amide bonds. The quantitative estimate of drug-likeness (QED) is 0.785. The van der Waals surface area contributed by atoms with E-state index in [-0.39, 0.29) is 12.4 Å². The van der Waals surface area contributed by atoms with E-state index in [1.54, 1.807) is 36.4 Å². The predicted octanol–water partition coefficient (Wildman–Crippen LogP) is 4.29. The van der Waals surface area contributed by atoms with E-state index in [4.69, 9.17) is 16.1 Å². The van der Waals surface area contributed by atoms with Crippen LogP contribution in [0.2, 0.25) is 5.02 Å². The second-order valence-electron chi connectivity index (χ2n) is 4.51. The SMILES string of the molecule is OCc1c(-c2ccc(F)cc2)noc1-c1ccc(Cl)cc1. The lowest BCUT2D eigenvalue weighted by Gasteiger charge is -2.01. The molecule has 1 aromatic heterocycles. The second kappa shape index (κ2) is 5.68. The minimum Gasteiger partial charge on any atom is -0.391 e. The molecule has 106 valence electrons. The van der Waals surface area contributed by atoms with E-state index in [0.29, 0.717) is 27.6 Å². The van der Waals surface area contributed by atoms with Crippen LogP contribution in [0.1, 0.15) is 5.56 Å². The van der Waals surface area contributed by atoms with Gasteiger partial charge in [0.2, 0.25) is 0 Å². The smallest absolute Gasteiger partial charge is 0.173 e. The summed E-state index contributed by atoms with van der Waals surface area (Å²) in [7, 11) is 0. The van der Waals surface area contributed by atoms with Crippen LogP contribution in [0.3, 0.4) is 0 Å². The van der Waals surface area contributed by atoms with Gasteiger partial charge in [0.1, 0.15) is 11.5 Å². The minimum atomic E-state index is -0.328. The fraction of sp³-hybridized carbons (Fsp3) is 0.0625. The number of rotatable bonds is 3. The highest BCUT2D eigenvalue weighted by Gasteiger charge is 2.18. The van der Waals surface area contributed by atoms with Gasteiger partial charge >= 0.3 is 0 Å². The maximum Gasteiger partial charge on any atom is 0.173 e. The fourth-order valence-electron chi connectivity index (χ4n) is 2.12. The van der Waals surface area contributed by atoms with Gasteiger partial charge in [-0.25, -0.2) is 4.39 Å². The highest BCUT2D eigenvalue weighted by molar-refractivity contribution is 6.30. The second-order valence-corrected chi connectivity index (χ2v) is 4.95. The summed E-state index contributed by atoms with van der Waals surface area (Å²) in [6.07, 6.45) is 0. The lowest BCUT2D eigenvalue weighted by atomic mass is 10.0. The van der Waals surface area contributed by atoms with Crippen molar-refractivity contribution in [3.05, 3.63) is 64.9 Å². The zero-order valence-electron chi connectivity index (χ0n) is 10.9. The van der Waals surface area contributed by atoms with Crippen LogP contribution in [0.15, 0.2) is 53.1 Å². The number of hydrogen-bond acceptors (Lipinski definition) is 3. The van der Waals surface area contributed by atoms with Crippen molar-refractivity contribution in [2.45, 2.75) is 6.61 Å². The molecule has 0 atom stereocenters. The van der Waals surface area contributed by atoms with E-state index in [0.717, 1.165) is 5.56 Å². The van der Waals surface area contributed by atoms with Gasteiger partial charge in [-0.3, -0.25) is 0 Å². The Balaban J connectivity index is 2.08. The predicted molar refractivity (Wildman–Crippen MR) is 78.3 cm³/mol. The molecule has 2 aromatic carbocycles. The molecular weight excluding hydrogens is 293 g/mol. The molecule has 1 N–H and O–H groups in total. The van der Waals surface area contributed by atoms with Crippen LogP contribution in [0.5, 0.6) is 0 Å². The van der Waals surface area contributed by atoms with Gasteiger partial charge in [0.05, 0.1) is 12.2 Å². The number of nitrogens with zero attached hydrogens (tertiary/aromatic N) is 1. The van der Waals surface area contributed by atoms with Gasteiger partial charge in [0.15, 0.2) is 5.76 Å². The van der Waals surface area contributed by atoms with E-state index in [2.05, 4.69) is 5.16 Å². The van der Waals surface area contributed by atoms with Gasteiger partial charge in [0, 0.05) is 16.1 Å². The monoisotopic (exact) mass is 303 g/mol. The molecule has 1 heterocycles. The van der Waals surface area contributed by atoms with Crippen molar-refractivity contribution in [1.29, 1.82) is 0 Å². The number of aliphatic hydroxyl groups excluding tert-OH is 1. The van der Waals surface area contributed by atoms with Crippen molar-refractivity contribution >= 4 is 11.6 Å². The third-order valence-electron chi connectivity index (χ3n) is 3.17. The largest absolute Gasteiger partial charge is 0.391 e. The van der Waals surface area contributed by atoms with Crippen LogP contribution in [-0.4, -0.2) is 10.3 Å². The summed E-state index contributed by atoms with van der Waals surface area (Å²) in [5, 5.41) is 14.2. The van der Waals surface area contributed by atoms with E-state index in [1.165, 1.54) is 12.1 Å². The normalized spacial score (nSPS) is 10.8. The van der Waals surface area contributed by atoms with Gasteiger partial charge in [-0.1, -0.05) is 16.8 Å². The summed E-state index contributed by atoms with van der Waals surface area (Å²) in [4.78, 5) is 0. The molecule has 3 rings (SSSR count). The van der Waals surface area contributed by atoms with Crippen molar-refractivity contribution in [2.24, 2.45) is 0 Å². The summed E-state index contributed by atoms with van der Waals surface area (Å²) in [6, 6.07) is 12.9. The maximum absolute atomic E-state index is 13.0. The zero-order valence-corrected chi connectivity index (χ0v) is 11.6. The fourth-order valence-corrected chi connectivity index (χ4v) is 2.24. The molecule has 0 unspecified atom stereocenters. The van der Waals surface area contributed by atoms with Gasteiger partial charge in [-0.15, -0.1) is 0 Å². The van der Waals surface area contributed by atoms with Crippen molar-refractivity contribution in [1.82, 2.24) is 5.16 Å². The Bertz CT molecular complexity index is 688. The lowest BCUT2D eigenvalue weighted by molar-refractivity contribution is 0.281. The molecule has 21 heavy (non-hydrogen) atoms. The van der Waals surface area contributed by atoms with Crippen molar-refractivity contribution < 1.29 is 14.0 Å². The minimum absolute atomic E-state index is 0.228. The lowest BCUT2D eigenvalue weighted by Crippen LogP contribution is -1.89. The van der Waals surface area contributed by atoms with Crippen LogP contribution in [0.25, 0.3) is 22.6 Å². The van der Waals surface area contributed by atoms with Crippen LogP contribution < -0.4 is 0 Å². The highest BCUT2D eigenvalue weighted by atomic mass is 35.5. The first-order chi connectivity index (χ1) is 10.2. The molecule has 5 heteroatoms. The Labute approximate surface area is 125 Å². The molecule has 0 fully saturated rings. The summed E-state index contributed by atoms with van der Waals surface area (Å²) in [6.45, 7) is -0.228. The number of aliphatic hydroxyl groups is 1. The molecule has 0 radical (unpaired) electrons. The molecule has 0 aliphatic rings. The molecule has 0 spiro atoms. The highest BCUT2D eigenvalue weighted by Crippen LogP contribution is 2.32. The van der Waals surface area contributed by atoms with Crippen LogP contribution in [0.4, 0.5) is 4.39 Å². The van der Waals surface area contributed by atoms with Gasteiger partial charge < -0.3 is 9.63 Å². The van der Waals surface area contributed by atoms with E-state index in [1.807, 2.05) is 0 Å². The molecular formula is C16H11ClFNO2. The number of halogens is 2. The van der Waals surface area contributed by atoms with E-state index in [9.17, 15) is 9.50 Å². The van der Waals surface area contributed by atoms with Crippen molar-refractivity contribution in [3.8, 4) is 22.6 Å². The summed E-state index contributed by atoms with van der Waals surface area (Å²) in [5.74, 6) is 0.152. The summed E-state index contributed by atoms with van der Waals surface area (Å²) < 4.78 is 18.3. The Morgan fingerprint density at radius 3 is 2.24 bits per heavy atom. The molecule has 0 aliphatic carbocycles. The van der Waals surface area contributed by atoms with Crippen molar-refractivity contribution in [3.63, 3.8) is 0 Å². The van der Waals surface area contributed by atoms with Crippen LogP contribution >= 0.6 is 11.6 Å². The summed E-state index contributed by atoms with van der Waals surface area (Å²) >= 11 is 5.86. The Morgan fingerprint density at radius 1 is 1.00 bits per heavy atom. The molecule has 0 saturated heterocycles. The van der Waals surface area contributed by atoms with Crippen LogP contribution in [0, 0.1) is 5.82 Å². The first-order valence-electron chi connectivity index (χ1n) is 6.30. The first kappa shape index (κ1) is 13.8. The standard InChI is InChI=1S/C16H11ClFNO2/c17-12-5-1-11(2-6-12)16-14(9-20)15(19-21-16)10-3-7-13(18)8-4-10/h1-8,20H,9H2. The number of aromatic nitrogens is 1. The van der Waals surface area contributed by atoms with E-state index >= 15 is 0 Å². The zero-order chi connectivity index (χ0) is 14.8. The van der Waals surface area contributed by atoms with Gasteiger partial charge in [-0.2, -0.15) is 0 Å². The average Bonchev–Trinajstić information content (AvgIpc) is 2.92. The third-order valence-corrected chi connectivity index (χ3v) is 3.42. The van der Waals surface area contributed by atoms with Crippen LogP contribution in [-0.2, 0) is 6.61 Å². The Kier molecular flexibility index (Phi) is 3.73. The third kappa shape index (κ3) is 2.68. The van der Waals surface area contributed by atoms with Crippen molar-refractivity contribution in [2.75, 3.05) is 0 Å². The molecule has 3 aromatic rings. The number of hydrogen-bond donors (Lipinski definition) is 1. The Hall–Kier alpha value is -2.17. The molecule has 0 bridgehead atoms. The summed E-state index contributed by atoms with van der Waals surface area (Å²) in [5.41, 5.74) is 2.51. The van der Waals surface area contributed by atoms with E-state index < -0.39 is 0 Å². The van der Waals surface area contributed by atoms with Gasteiger partial charge in [-0.05, 0) is 48.5 Å². The van der Waals surface area contributed by atoms with Gasteiger partial charge in [0.25, 0.3) is 0 Å².